The molecule has 0 saturated carbocycles. The Hall–Kier alpha value is -2.36. The number of pyridine rings is 1. The number of aryl methyl sites for hydroxylation is 3. The van der Waals surface area contributed by atoms with Crippen LogP contribution >= 0.6 is 0 Å². The van der Waals surface area contributed by atoms with E-state index in [1.807, 2.05) is 20.8 Å². The second kappa shape index (κ2) is 6.39. The summed E-state index contributed by atoms with van der Waals surface area (Å²) in [4.78, 5) is 16.6. The van der Waals surface area contributed by atoms with E-state index in [9.17, 15) is 4.79 Å². The van der Waals surface area contributed by atoms with Gasteiger partial charge in [0.1, 0.15) is 0 Å². The van der Waals surface area contributed by atoms with Gasteiger partial charge >= 0.3 is 0 Å². The van der Waals surface area contributed by atoms with Crippen LogP contribution in [0.15, 0.2) is 30.6 Å². The molecule has 21 heavy (non-hydrogen) atoms. The highest BCUT2D eigenvalue weighted by Crippen LogP contribution is 2.23. The van der Waals surface area contributed by atoms with Crippen molar-refractivity contribution in [2.45, 2.75) is 27.7 Å². The van der Waals surface area contributed by atoms with E-state index >= 15 is 0 Å². The molecule has 1 aromatic heterocycles. The van der Waals surface area contributed by atoms with Crippen molar-refractivity contribution in [3.05, 3.63) is 52.8 Å². The summed E-state index contributed by atoms with van der Waals surface area (Å²) in [6.45, 7) is 8.80. The third-order valence-corrected chi connectivity index (χ3v) is 3.35. The van der Waals surface area contributed by atoms with E-state index in [4.69, 9.17) is 0 Å². The van der Waals surface area contributed by atoms with Gasteiger partial charge in [-0.25, -0.2) is 0 Å². The van der Waals surface area contributed by atoms with Gasteiger partial charge in [0.15, 0.2) is 0 Å². The smallest absolute Gasteiger partial charge is 0.257 e. The molecule has 0 aliphatic carbocycles. The van der Waals surface area contributed by atoms with E-state index in [0.29, 0.717) is 5.56 Å². The molecule has 2 N–H and O–H groups in total. The normalized spacial score (nSPS) is 10.3. The lowest BCUT2D eigenvalue weighted by atomic mass is 10.0. The Morgan fingerprint density at radius 2 is 1.86 bits per heavy atom. The van der Waals surface area contributed by atoms with Gasteiger partial charge in [-0.2, -0.15) is 0 Å². The maximum atomic E-state index is 12.5. The first-order chi connectivity index (χ1) is 10.0. The molecule has 0 aliphatic rings. The van der Waals surface area contributed by atoms with Crippen LogP contribution in [0.4, 0.5) is 11.4 Å². The topological polar surface area (TPSA) is 54.0 Å². The van der Waals surface area contributed by atoms with Crippen molar-refractivity contribution in [1.29, 1.82) is 0 Å². The molecule has 0 radical (unpaired) electrons. The van der Waals surface area contributed by atoms with Gasteiger partial charge in [0.2, 0.25) is 0 Å². The summed E-state index contributed by atoms with van der Waals surface area (Å²) in [6.07, 6.45) is 3.30. The summed E-state index contributed by atoms with van der Waals surface area (Å²) in [5.74, 6) is -0.122. The predicted octanol–water partition coefficient (Wildman–Crippen LogP) is 3.69. The number of nitrogens with one attached hydrogen (secondary N) is 2. The van der Waals surface area contributed by atoms with E-state index < -0.39 is 0 Å². The highest BCUT2D eigenvalue weighted by atomic mass is 16.1. The Morgan fingerprint density at radius 3 is 2.48 bits per heavy atom. The average molecular weight is 283 g/mol. The molecule has 4 nitrogen and oxygen atoms in total. The molecule has 0 fully saturated rings. The molecule has 0 atom stereocenters. The van der Waals surface area contributed by atoms with Gasteiger partial charge in [0.25, 0.3) is 5.91 Å². The zero-order valence-corrected chi connectivity index (χ0v) is 12.9. The fourth-order valence-electron chi connectivity index (χ4n) is 2.48. The molecule has 110 valence electrons. The zero-order chi connectivity index (χ0) is 15.4. The van der Waals surface area contributed by atoms with Crippen molar-refractivity contribution in [3.8, 4) is 0 Å². The van der Waals surface area contributed by atoms with Crippen molar-refractivity contribution in [2.75, 3.05) is 17.2 Å². The number of hydrogen-bond acceptors (Lipinski definition) is 3. The lowest BCUT2D eigenvalue weighted by Crippen LogP contribution is -2.16. The van der Waals surface area contributed by atoms with Crippen LogP contribution in [-0.4, -0.2) is 17.4 Å². The van der Waals surface area contributed by atoms with Crippen LogP contribution in [0, 0.1) is 20.8 Å². The monoisotopic (exact) mass is 283 g/mol. The van der Waals surface area contributed by atoms with Crippen molar-refractivity contribution in [1.82, 2.24) is 4.98 Å². The van der Waals surface area contributed by atoms with E-state index in [1.165, 1.54) is 5.56 Å². The van der Waals surface area contributed by atoms with Crippen molar-refractivity contribution < 1.29 is 4.79 Å². The summed E-state index contributed by atoms with van der Waals surface area (Å²) < 4.78 is 0. The first-order valence-corrected chi connectivity index (χ1v) is 7.10. The Kier molecular flexibility index (Phi) is 4.58. The summed E-state index contributed by atoms with van der Waals surface area (Å²) in [6, 6.07) is 5.87. The Balaban J connectivity index is 2.31. The molecule has 4 heteroatoms. The molecule has 2 aromatic rings. The summed E-state index contributed by atoms with van der Waals surface area (Å²) in [5.41, 5.74) is 5.57. The third kappa shape index (κ3) is 3.40. The molecule has 2 rings (SSSR count). The first-order valence-electron chi connectivity index (χ1n) is 7.10. The van der Waals surface area contributed by atoms with Crippen molar-refractivity contribution in [3.63, 3.8) is 0 Å². The fourth-order valence-corrected chi connectivity index (χ4v) is 2.48. The first kappa shape index (κ1) is 15.0. The molecule has 1 amide bonds. The predicted molar refractivity (Wildman–Crippen MR) is 87.0 cm³/mol. The Labute approximate surface area is 125 Å². The molecular weight excluding hydrogens is 262 g/mol. The lowest BCUT2D eigenvalue weighted by molar-refractivity contribution is 0.102. The number of benzene rings is 1. The molecule has 1 heterocycles. The Morgan fingerprint density at radius 1 is 1.19 bits per heavy atom. The quantitative estimate of drug-likeness (QED) is 0.899. The van der Waals surface area contributed by atoms with E-state index in [0.717, 1.165) is 29.0 Å². The highest BCUT2D eigenvalue weighted by molar-refractivity contribution is 6.08. The van der Waals surface area contributed by atoms with Crippen LogP contribution in [0.25, 0.3) is 0 Å². The number of rotatable bonds is 4. The molecule has 0 spiro atoms. The maximum Gasteiger partial charge on any atom is 0.257 e. The van der Waals surface area contributed by atoms with Gasteiger partial charge in [-0.1, -0.05) is 17.7 Å². The van der Waals surface area contributed by atoms with Gasteiger partial charge in [-0.15, -0.1) is 0 Å². The number of aromatic nitrogens is 1. The highest BCUT2D eigenvalue weighted by Gasteiger charge is 2.13. The number of carbonyl (C=O) groups excluding carboxylic acids is 1. The zero-order valence-electron chi connectivity index (χ0n) is 12.9. The summed E-state index contributed by atoms with van der Waals surface area (Å²) in [5, 5.41) is 6.17. The second-order valence-corrected chi connectivity index (χ2v) is 5.18. The van der Waals surface area contributed by atoms with Crippen LogP contribution in [0.2, 0.25) is 0 Å². The average Bonchev–Trinajstić information content (AvgIpc) is 2.43. The molecule has 1 aromatic carbocycles. The van der Waals surface area contributed by atoms with Crippen LogP contribution in [0.1, 0.15) is 34.0 Å². The lowest BCUT2D eigenvalue weighted by Gasteiger charge is -2.14. The van der Waals surface area contributed by atoms with Gasteiger partial charge < -0.3 is 10.6 Å². The molecular formula is C17H21N3O. The van der Waals surface area contributed by atoms with Gasteiger partial charge in [0, 0.05) is 18.4 Å². The number of carbonyl (C=O) groups is 1. The third-order valence-electron chi connectivity index (χ3n) is 3.35. The van der Waals surface area contributed by atoms with Gasteiger partial charge in [-0.3, -0.25) is 9.78 Å². The molecule has 0 bridgehead atoms. The van der Waals surface area contributed by atoms with Crippen LogP contribution < -0.4 is 10.6 Å². The maximum absolute atomic E-state index is 12.5. The fraction of sp³-hybridized carbons (Fsp3) is 0.294. The summed E-state index contributed by atoms with van der Waals surface area (Å²) in [7, 11) is 0. The van der Waals surface area contributed by atoms with Gasteiger partial charge in [0.05, 0.1) is 17.4 Å². The molecule has 0 unspecified atom stereocenters. The molecule has 0 aliphatic heterocycles. The van der Waals surface area contributed by atoms with Gasteiger partial charge in [-0.05, 0) is 44.9 Å². The standard InChI is InChI=1S/C17H21N3O/c1-5-19-15-10-18-7-6-14(15)17(21)20-16-12(3)8-11(2)9-13(16)4/h6-10,19H,5H2,1-4H3,(H,20,21). The number of nitrogens with zero attached hydrogens (tertiary/aromatic N) is 1. The van der Waals surface area contributed by atoms with E-state index in [-0.39, 0.29) is 5.91 Å². The van der Waals surface area contributed by atoms with Crippen LogP contribution in [-0.2, 0) is 0 Å². The number of amides is 1. The van der Waals surface area contributed by atoms with E-state index in [2.05, 4.69) is 34.7 Å². The minimum Gasteiger partial charge on any atom is -0.383 e. The second-order valence-electron chi connectivity index (χ2n) is 5.18. The SMILES string of the molecule is CCNc1cnccc1C(=O)Nc1c(C)cc(C)cc1C. The summed E-state index contributed by atoms with van der Waals surface area (Å²) >= 11 is 0. The molecule has 0 saturated heterocycles. The van der Waals surface area contributed by atoms with Crippen LogP contribution in [0.3, 0.4) is 0 Å². The number of anilines is 2. The van der Waals surface area contributed by atoms with Crippen molar-refractivity contribution >= 4 is 17.3 Å². The van der Waals surface area contributed by atoms with E-state index in [1.54, 1.807) is 18.5 Å². The minimum absolute atomic E-state index is 0.122. The van der Waals surface area contributed by atoms with Crippen LogP contribution in [0.5, 0.6) is 0 Å². The minimum atomic E-state index is -0.122. The number of hydrogen-bond donors (Lipinski definition) is 2. The Bertz CT molecular complexity index is 642. The van der Waals surface area contributed by atoms with Crippen molar-refractivity contribution in [2.24, 2.45) is 0 Å². The largest absolute Gasteiger partial charge is 0.383 e.